The zero-order valence-corrected chi connectivity index (χ0v) is 36.1. The van der Waals surface area contributed by atoms with E-state index in [2.05, 4.69) is 48.5 Å². The highest BCUT2D eigenvalue weighted by Gasteiger charge is 2.48. The van der Waals surface area contributed by atoms with Gasteiger partial charge >= 0.3 is 0 Å². The second kappa shape index (κ2) is 25.2. The van der Waals surface area contributed by atoms with E-state index < -0.39 is 42.7 Å². The summed E-state index contributed by atoms with van der Waals surface area (Å²) in [4.78, 5) is 0. The Morgan fingerprint density at radius 1 is 0.444 bits per heavy atom. The summed E-state index contributed by atoms with van der Waals surface area (Å²) in [5, 5.41) is 10.8. The molecule has 0 bridgehead atoms. The van der Waals surface area contributed by atoms with Crippen LogP contribution in [-0.2, 0) is 72.8 Å². The van der Waals surface area contributed by atoms with Crippen molar-refractivity contribution in [2.45, 2.75) is 95.2 Å². The first kappa shape index (κ1) is 45.8. The van der Waals surface area contributed by atoms with Crippen molar-refractivity contribution in [2.75, 3.05) is 20.3 Å². The van der Waals surface area contributed by atoms with Crippen molar-refractivity contribution in [1.82, 2.24) is 0 Å². The number of aliphatic hydroxyl groups excluding tert-OH is 1. The molecule has 0 spiro atoms. The Kier molecular flexibility index (Phi) is 18.3. The Hall–Kier alpha value is -5.20. The average molecular weight is 853 g/mol. The minimum absolute atomic E-state index is 0.228. The molecule has 9 heteroatoms. The Balaban J connectivity index is 1.19. The van der Waals surface area contributed by atoms with E-state index in [4.69, 9.17) is 37.9 Å². The SMILES string of the molecule is COc1ccc(CO[C@H](CC[C@@H]2O[C@H](COCc3ccccc3)[C@H](OCc3ccccc3)[C@H](OCc3ccccc3)[C@H]2OCc2ccccc2)[C@@H](CO)OCc2ccccc2)cc1. The summed E-state index contributed by atoms with van der Waals surface area (Å²) < 4.78 is 52.9. The summed E-state index contributed by atoms with van der Waals surface area (Å²) >= 11 is 0. The minimum Gasteiger partial charge on any atom is -0.497 e. The fraction of sp³-hybridized carbons (Fsp3) is 0.333. The highest BCUT2D eigenvalue weighted by molar-refractivity contribution is 5.27. The summed E-state index contributed by atoms with van der Waals surface area (Å²) in [7, 11) is 1.65. The molecule has 1 N–H and O–H groups in total. The van der Waals surface area contributed by atoms with E-state index in [0.717, 1.165) is 39.1 Å². The maximum absolute atomic E-state index is 10.8. The fourth-order valence-corrected chi connectivity index (χ4v) is 7.80. The molecular weight excluding hydrogens is 793 g/mol. The standard InChI is InChI=1S/C54H60O9/c1-56-47-29-27-46(28-30-47)36-58-48(50(33-55)59-35-42-19-9-3-10-20-42)31-32-49-52(60-37-43-21-11-4-12-22-43)54(62-39-45-25-15-6-16-26-45)53(61-38-44-23-13-5-14-24-44)51(63-49)40-57-34-41-17-7-2-8-18-41/h2-30,48-55H,31-40H2,1H3/t48-,49+,50-,51-,52+,53+,54-/m1/s1. The van der Waals surface area contributed by atoms with Crippen LogP contribution < -0.4 is 4.74 Å². The van der Waals surface area contributed by atoms with Gasteiger partial charge in [0.05, 0.1) is 72.2 Å². The third-order valence-electron chi connectivity index (χ3n) is 11.2. The molecule has 1 fully saturated rings. The number of hydrogen-bond acceptors (Lipinski definition) is 9. The quantitative estimate of drug-likeness (QED) is 0.0605. The average Bonchev–Trinajstić information content (AvgIpc) is 3.35. The van der Waals surface area contributed by atoms with Crippen LogP contribution >= 0.6 is 0 Å². The molecule has 7 rings (SSSR count). The van der Waals surface area contributed by atoms with Gasteiger partial charge in [-0.3, -0.25) is 0 Å². The van der Waals surface area contributed by atoms with Crippen LogP contribution in [0.2, 0.25) is 0 Å². The molecule has 0 unspecified atom stereocenters. The molecular formula is C54H60O9. The van der Waals surface area contributed by atoms with Crippen molar-refractivity contribution in [1.29, 1.82) is 0 Å². The molecule has 7 atom stereocenters. The van der Waals surface area contributed by atoms with Crippen molar-refractivity contribution in [3.63, 3.8) is 0 Å². The summed E-state index contributed by atoms with van der Waals surface area (Å²) in [6.07, 6.45) is -2.77. The third kappa shape index (κ3) is 14.4. The molecule has 9 nitrogen and oxygen atoms in total. The van der Waals surface area contributed by atoms with E-state index in [1.54, 1.807) is 7.11 Å². The van der Waals surface area contributed by atoms with Gasteiger partial charge < -0.3 is 43.0 Å². The molecule has 1 saturated heterocycles. The highest BCUT2D eigenvalue weighted by atomic mass is 16.6. The van der Waals surface area contributed by atoms with E-state index in [1.165, 1.54) is 0 Å². The largest absolute Gasteiger partial charge is 0.497 e. The zero-order chi connectivity index (χ0) is 43.3. The van der Waals surface area contributed by atoms with Crippen molar-refractivity contribution in [3.8, 4) is 5.75 Å². The van der Waals surface area contributed by atoms with Crippen LogP contribution in [-0.4, -0.2) is 68.2 Å². The molecule has 0 amide bonds. The predicted molar refractivity (Wildman–Crippen MR) is 243 cm³/mol. The van der Waals surface area contributed by atoms with Crippen molar-refractivity contribution < 1.29 is 43.0 Å². The first-order valence-corrected chi connectivity index (χ1v) is 21.9. The van der Waals surface area contributed by atoms with Crippen molar-refractivity contribution in [2.24, 2.45) is 0 Å². The van der Waals surface area contributed by atoms with Gasteiger partial charge in [0, 0.05) is 0 Å². The van der Waals surface area contributed by atoms with Crippen LogP contribution in [0.1, 0.15) is 46.2 Å². The van der Waals surface area contributed by atoms with Gasteiger partial charge in [0.25, 0.3) is 0 Å². The third-order valence-corrected chi connectivity index (χ3v) is 11.2. The Labute approximate surface area is 372 Å². The number of rotatable bonds is 25. The molecule has 1 heterocycles. The second-order valence-electron chi connectivity index (χ2n) is 15.8. The molecule has 6 aromatic rings. The van der Waals surface area contributed by atoms with Gasteiger partial charge in [0.1, 0.15) is 36.3 Å². The van der Waals surface area contributed by atoms with Crippen molar-refractivity contribution in [3.05, 3.63) is 209 Å². The Morgan fingerprint density at radius 2 is 0.841 bits per heavy atom. The molecule has 330 valence electrons. The van der Waals surface area contributed by atoms with E-state index >= 15 is 0 Å². The maximum Gasteiger partial charge on any atom is 0.118 e. The Morgan fingerprint density at radius 3 is 1.30 bits per heavy atom. The van der Waals surface area contributed by atoms with Gasteiger partial charge in [0.2, 0.25) is 0 Å². The molecule has 63 heavy (non-hydrogen) atoms. The van der Waals surface area contributed by atoms with Gasteiger partial charge in [-0.1, -0.05) is 164 Å². The molecule has 1 aliphatic rings. The first-order valence-electron chi connectivity index (χ1n) is 21.9. The summed E-state index contributed by atoms with van der Waals surface area (Å²) in [5.74, 6) is 0.767. The van der Waals surface area contributed by atoms with Crippen LogP contribution in [0.3, 0.4) is 0 Å². The van der Waals surface area contributed by atoms with Gasteiger partial charge in [0.15, 0.2) is 0 Å². The molecule has 0 aliphatic carbocycles. The van der Waals surface area contributed by atoms with Gasteiger partial charge in [-0.15, -0.1) is 0 Å². The van der Waals surface area contributed by atoms with Crippen LogP contribution in [0, 0.1) is 0 Å². The van der Waals surface area contributed by atoms with Gasteiger partial charge in [-0.25, -0.2) is 0 Å². The van der Waals surface area contributed by atoms with Crippen LogP contribution in [0.5, 0.6) is 5.75 Å². The first-order chi connectivity index (χ1) is 31.1. The molecule has 0 saturated carbocycles. The van der Waals surface area contributed by atoms with E-state index in [1.807, 2.05) is 127 Å². The minimum atomic E-state index is -0.618. The number of hydrogen-bond donors (Lipinski definition) is 1. The number of benzene rings is 6. The highest BCUT2D eigenvalue weighted by Crippen LogP contribution is 2.34. The normalized spacial score (nSPS) is 19.6. The molecule has 6 aromatic carbocycles. The molecule has 0 radical (unpaired) electrons. The van der Waals surface area contributed by atoms with Crippen LogP contribution in [0.25, 0.3) is 0 Å². The lowest BCUT2D eigenvalue weighted by Gasteiger charge is -2.46. The monoisotopic (exact) mass is 852 g/mol. The summed E-state index contributed by atoms with van der Waals surface area (Å²) in [6.45, 7) is 2.13. The van der Waals surface area contributed by atoms with Crippen LogP contribution in [0.15, 0.2) is 176 Å². The molecule has 1 aliphatic heterocycles. The number of aliphatic hydroxyl groups is 1. The predicted octanol–water partition coefficient (Wildman–Crippen LogP) is 9.68. The second-order valence-corrected chi connectivity index (χ2v) is 15.8. The topological polar surface area (TPSA) is 94.1 Å². The van der Waals surface area contributed by atoms with Crippen LogP contribution in [0.4, 0.5) is 0 Å². The maximum atomic E-state index is 10.8. The number of ether oxygens (including phenoxy) is 8. The van der Waals surface area contributed by atoms with Gasteiger partial charge in [-0.05, 0) is 58.4 Å². The van der Waals surface area contributed by atoms with Gasteiger partial charge in [-0.2, -0.15) is 0 Å². The Bertz CT molecular complexity index is 2110. The number of methoxy groups -OCH3 is 1. The smallest absolute Gasteiger partial charge is 0.118 e. The van der Waals surface area contributed by atoms with E-state index in [-0.39, 0.29) is 13.2 Å². The lowest BCUT2D eigenvalue weighted by atomic mass is 9.90. The lowest BCUT2D eigenvalue weighted by Crippen LogP contribution is -2.61. The fourth-order valence-electron chi connectivity index (χ4n) is 7.80. The molecule has 0 aromatic heterocycles. The lowest BCUT2D eigenvalue weighted by molar-refractivity contribution is -0.274. The van der Waals surface area contributed by atoms with Crippen molar-refractivity contribution >= 4 is 0 Å². The summed E-state index contributed by atoms with van der Waals surface area (Å²) in [6, 6.07) is 58.3. The van der Waals surface area contributed by atoms with E-state index in [9.17, 15) is 5.11 Å². The zero-order valence-electron chi connectivity index (χ0n) is 36.1. The van der Waals surface area contributed by atoms with E-state index in [0.29, 0.717) is 52.5 Å². The summed E-state index contributed by atoms with van der Waals surface area (Å²) in [5.41, 5.74) is 6.15.